The minimum atomic E-state index is -0.504. The van der Waals surface area contributed by atoms with E-state index in [4.69, 9.17) is 20.9 Å². The maximum Gasteiger partial charge on any atom is 0.331 e. The Kier molecular flexibility index (Phi) is 5.18. The number of aromatic nitrogens is 4. The van der Waals surface area contributed by atoms with E-state index in [2.05, 4.69) is 15.2 Å². The average molecular weight is 373 g/mol. The number of hydrogen-bond donors (Lipinski definition) is 0. The van der Waals surface area contributed by atoms with Gasteiger partial charge in [0.25, 0.3) is 5.89 Å². The van der Waals surface area contributed by atoms with Crippen molar-refractivity contribution < 1.29 is 14.1 Å². The lowest BCUT2D eigenvalue weighted by molar-refractivity contribution is -0.139. The third-order valence-corrected chi connectivity index (χ3v) is 4.07. The van der Waals surface area contributed by atoms with Gasteiger partial charge in [-0.2, -0.15) is 10.1 Å². The molecule has 0 aliphatic rings. The van der Waals surface area contributed by atoms with Crippen molar-refractivity contribution in [2.45, 2.75) is 20.5 Å². The Hall–Kier alpha value is -2.93. The van der Waals surface area contributed by atoms with E-state index in [-0.39, 0.29) is 12.5 Å². The van der Waals surface area contributed by atoms with Gasteiger partial charge in [0.1, 0.15) is 0 Å². The molecule has 2 aromatic heterocycles. The molecule has 0 saturated carbocycles. The smallest absolute Gasteiger partial charge is 0.331 e. The lowest BCUT2D eigenvalue weighted by atomic mass is 10.2. The van der Waals surface area contributed by atoms with E-state index in [0.717, 1.165) is 22.5 Å². The molecular weight excluding hydrogens is 356 g/mol. The first-order valence-electron chi connectivity index (χ1n) is 7.87. The Morgan fingerprint density at radius 3 is 2.88 bits per heavy atom. The predicted molar refractivity (Wildman–Crippen MR) is 96.3 cm³/mol. The maximum atomic E-state index is 11.9. The minimum absolute atomic E-state index is 0.109. The average Bonchev–Trinajstić information content (AvgIpc) is 3.17. The van der Waals surface area contributed by atoms with Crippen LogP contribution in [0.4, 0.5) is 0 Å². The van der Waals surface area contributed by atoms with Crippen LogP contribution in [0.15, 0.2) is 34.9 Å². The second-order valence-electron chi connectivity index (χ2n) is 5.67. The summed E-state index contributed by atoms with van der Waals surface area (Å²) >= 11 is 5.94. The summed E-state index contributed by atoms with van der Waals surface area (Å²) in [5.41, 5.74) is 3.43. The van der Waals surface area contributed by atoms with Crippen molar-refractivity contribution in [2.24, 2.45) is 7.05 Å². The highest BCUT2D eigenvalue weighted by Crippen LogP contribution is 2.20. The van der Waals surface area contributed by atoms with E-state index in [9.17, 15) is 4.79 Å². The summed E-state index contributed by atoms with van der Waals surface area (Å²) in [6.07, 6.45) is 3.04. The number of esters is 1. The molecule has 2 heterocycles. The van der Waals surface area contributed by atoms with Crippen LogP contribution in [0.25, 0.3) is 17.5 Å². The number of hydrogen-bond acceptors (Lipinski definition) is 6. The Bertz CT molecular complexity index is 975. The van der Waals surface area contributed by atoms with Crippen LogP contribution >= 0.6 is 11.6 Å². The van der Waals surface area contributed by atoms with Gasteiger partial charge in [-0.15, -0.1) is 0 Å². The van der Waals surface area contributed by atoms with Crippen molar-refractivity contribution >= 4 is 23.6 Å². The summed E-state index contributed by atoms with van der Waals surface area (Å²) in [6.45, 7) is 3.70. The molecule has 134 valence electrons. The van der Waals surface area contributed by atoms with Crippen LogP contribution in [0.1, 0.15) is 22.8 Å². The SMILES string of the molecule is Cc1nn(C)c(C)c1/C=C/C(=O)OCc1nc(-c2cccc(Cl)c2)no1. The minimum Gasteiger partial charge on any atom is -0.452 e. The van der Waals surface area contributed by atoms with Gasteiger partial charge >= 0.3 is 5.97 Å². The Morgan fingerprint density at radius 1 is 1.38 bits per heavy atom. The molecule has 0 bridgehead atoms. The van der Waals surface area contributed by atoms with Crippen LogP contribution in [-0.2, 0) is 23.2 Å². The molecule has 0 saturated heterocycles. The van der Waals surface area contributed by atoms with Crippen molar-refractivity contribution in [3.8, 4) is 11.4 Å². The monoisotopic (exact) mass is 372 g/mol. The van der Waals surface area contributed by atoms with Crippen LogP contribution in [0.3, 0.4) is 0 Å². The molecule has 26 heavy (non-hydrogen) atoms. The van der Waals surface area contributed by atoms with Gasteiger partial charge < -0.3 is 9.26 Å². The topological polar surface area (TPSA) is 83.0 Å². The summed E-state index contributed by atoms with van der Waals surface area (Å²) in [5.74, 6) is 0.0846. The van der Waals surface area contributed by atoms with Crippen molar-refractivity contribution in [3.05, 3.63) is 58.2 Å². The fraction of sp³-hybridized carbons (Fsp3) is 0.222. The highest BCUT2D eigenvalue weighted by atomic mass is 35.5. The zero-order chi connectivity index (χ0) is 18.7. The highest BCUT2D eigenvalue weighted by Gasteiger charge is 2.11. The van der Waals surface area contributed by atoms with Gasteiger partial charge in [0.2, 0.25) is 5.82 Å². The van der Waals surface area contributed by atoms with E-state index in [1.807, 2.05) is 27.0 Å². The largest absolute Gasteiger partial charge is 0.452 e. The van der Waals surface area contributed by atoms with Gasteiger partial charge in [0.15, 0.2) is 6.61 Å². The number of benzene rings is 1. The molecule has 8 heteroatoms. The maximum absolute atomic E-state index is 11.9. The summed E-state index contributed by atoms with van der Waals surface area (Å²) < 4.78 is 12.0. The third-order valence-electron chi connectivity index (χ3n) is 3.84. The molecule has 0 fully saturated rings. The van der Waals surface area contributed by atoms with Crippen LogP contribution in [-0.4, -0.2) is 25.9 Å². The van der Waals surface area contributed by atoms with E-state index in [1.54, 1.807) is 29.0 Å². The molecule has 0 spiro atoms. The number of ether oxygens (including phenoxy) is 1. The molecule has 0 amide bonds. The van der Waals surface area contributed by atoms with Gasteiger partial charge in [-0.25, -0.2) is 4.79 Å². The van der Waals surface area contributed by atoms with Crippen molar-refractivity contribution in [2.75, 3.05) is 0 Å². The zero-order valence-corrected chi connectivity index (χ0v) is 15.3. The van der Waals surface area contributed by atoms with E-state index in [1.165, 1.54) is 6.08 Å². The van der Waals surface area contributed by atoms with Gasteiger partial charge in [0.05, 0.1) is 5.69 Å². The van der Waals surface area contributed by atoms with Gasteiger partial charge in [-0.1, -0.05) is 28.9 Å². The van der Waals surface area contributed by atoms with Gasteiger partial charge in [-0.05, 0) is 32.1 Å². The second kappa shape index (κ2) is 7.53. The summed E-state index contributed by atoms with van der Waals surface area (Å²) in [7, 11) is 1.85. The molecule has 0 radical (unpaired) electrons. The van der Waals surface area contributed by atoms with Crippen LogP contribution in [0.2, 0.25) is 5.02 Å². The molecule has 0 atom stereocenters. The molecule has 0 unspecified atom stereocenters. The lowest BCUT2D eigenvalue weighted by Gasteiger charge is -1.97. The number of nitrogens with zero attached hydrogens (tertiary/aromatic N) is 4. The quantitative estimate of drug-likeness (QED) is 0.503. The number of carbonyl (C=O) groups excluding carboxylic acids is 1. The molecule has 0 aliphatic carbocycles. The van der Waals surface area contributed by atoms with Gasteiger partial charge in [-0.3, -0.25) is 4.68 Å². The molecular formula is C18H17ClN4O3. The fourth-order valence-corrected chi connectivity index (χ4v) is 2.61. The second-order valence-corrected chi connectivity index (χ2v) is 6.11. The fourth-order valence-electron chi connectivity index (χ4n) is 2.42. The third kappa shape index (κ3) is 4.00. The standard InChI is InChI=1S/C18H17ClN4O3/c1-11-15(12(2)23(3)21-11)7-8-17(24)25-10-16-20-18(22-26-16)13-5-4-6-14(19)9-13/h4-9H,10H2,1-3H3/b8-7+. The number of aryl methyl sites for hydroxylation is 2. The number of carbonyl (C=O) groups is 1. The molecule has 1 aromatic carbocycles. The Morgan fingerprint density at radius 2 is 2.19 bits per heavy atom. The van der Waals surface area contributed by atoms with E-state index < -0.39 is 5.97 Å². The first-order valence-corrected chi connectivity index (χ1v) is 8.25. The highest BCUT2D eigenvalue weighted by molar-refractivity contribution is 6.30. The Balaban J connectivity index is 1.61. The normalized spacial score (nSPS) is 11.2. The van der Waals surface area contributed by atoms with Crippen LogP contribution in [0.5, 0.6) is 0 Å². The number of rotatable bonds is 5. The van der Waals surface area contributed by atoms with E-state index in [0.29, 0.717) is 10.8 Å². The summed E-state index contributed by atoms with van der Waals surface area (Å²) in [6, 6.07) is 7.09. The number of halogens is 1. The first kappa shape index (κ1) is 17.9. The molecule has 7 nitrogen and oxygen atoms in total. The molecule has 0 N–H and O–H groups in total. The van der Waals surface area contributed by atoms with Crippen LogP contribution in [0, 0.1) is 13.8 Å². The summed E-state index contributed by atoms with van der Waals surface area (Å²) in [5, 5.41) is 8.73. The lowest BCUT2D eigenvalue weighted by Crippen LogP contribution is -2.01. The molecule has 3 rings (SSSR count). The molecule has 3 aromatic rings. The van der Waals surface area contributed by atoms with Gasteiger partial charge in [0, 0.05) is 35.0 Å². The van der Waals surface area contributed by atoms with Crippen LogP contribution < -0.4 is 0 Å². The molecule has 0 aliphatic heterocycles. The van der Waals surface area contributed by atoms with E-state index >= 15 is 0 Å². The Labute approximate surface area is 155 Å². The van der Waals surface area contributed by atoms with Crippen molar-refractivity contribution in [1.29, 1.82) is 0 Å². The summed E-state index contributed by atoms with van der Waals surface area (Å²) in [4.78, 5) is 16.1. The van der Waals surface area contributed by atoms with Crippen molar-refractivity contribution in [1.82, 2.24) is 19.9 Å². The first-order chi connectivity index (χ1) is 12.4. The zero-order valence-electron chi connectivity index (χ0n) is 14.6. The van der Waals surface area contributed by atoms with Crippen molar-refractivity contribution in [3.63, 3.8) is 0 Å². The predicted octanol–water partition coefficient (Wildman–Crippen LogP) is 3.50.